The Balaban J connectivity index is 2.23. The standard InChI is InChI=1S/C22H24ClNO5/c1-4-29-19-13-17(12-18(23)22(19)28-3)10-11-20(25)24(15-21(26)27-2)14-16-8-6-5-7-9-16/h5-13H,4,14-15H2,1-3H3/b11-10+. The van der Waals surface area contributed by atoms with Crippen LogP contribution in [0.3, 0.4) is 0 Å². The topological polar surface area (TPSA) is 65.1 Å². The van der Waals surface area contributed by atoms with E-state index in [9.17, 15) is 9.59 Å². The zero-order valence-corrected chi connectivity index (χ0v) is 17.4. The summed E-state index contributed by atoms with van der Waals surface area (Å²) in [5, 5.41) is 0.376. The molecule has 0 aromatic heterocycles. The second-order valence-corrected chi connectivity index (χ2v) is 6.46. The van der Waals surface area contributed by atoms with E-state index in [-0.39, 0.29) is 19.0 Å². The van der Waals surface area contributed by atoms with Gasteiger partial charge < -0.3 is 19.1 Å². The largest absolute Gasteiger partial charge is 0.491 e. The summed E-state index contributed by atoms with van der Waals surface area (Å²) >= 11 is 6.25. The molecular formula is C22H24ClNO5. The van der Waals surface area contributed by atoms with E-state index in [1.54, 1.807) is 18.2 Å². The fraction of sp³-hybridized carbons (Fsp3) is 0.273. The molecule has 0 N–H and O–H groups in total. The summed E-state index contributed by atoms with van der Waals surface area (Å²) in [6.45, 7) is 2.44. The van der Waals surface area contributed by atoms with Crippen molar-refractivity contribution in [2.75, 3.05) is 27.4 Å². The van der Waals surface area contributed by atoms with E-state index in [0.717, 1.165) is 5.56 Å². The summed E-state index contributed by atoms with van der Waals surface area (Å²) < 4.78 is 15.5. The Morgan fingerprint density at radius 2 is 1.86 bits per heavy atom. The number of halogens is 1. The van der Waals surface area contributed by atoms with Gasteiger partial charge in [0.2, 0.25) is 5.91 Å². The number of ether oxygens (including phenoxy) is 3. The van der Waals surface area contributed by atoms with Crippen molar-refractivity contribution in [3.8, 4) is 11.5 Å². The van der Waals surface area contributed by atoms with Gasteiger partial charge in [0.05, 0.1) is 25.8 Å². The molecule has 0 radical (unpaired) electrons. The first-order chi connectivity index (χ1) is 14.0. The van der Waals surface area contributed by atoms with Crippen molar-refractivity contribution in [2.24, 2.45) is 0 Å². The Labute approximate surface area is 175 Å². The van der Waals surface area contributed by atoms with E-state index in [0.29, 0.717) is 28.7 Å². The lowest BCUT2D eigenvalue weighted by Crippen LogP contribution is -2.34. The molecule has 1 amide bonds. The average Bonchev–Trinajstić information content (AvgIpc) is 2.72. The van der Waals surface area contributed by atoms with E-state index in [4.69, 9.17) is 25.8 Å². The van der Waals surface area contributed by atoms with Crippen LogP contribution in [-0.2, 0) is 20.9 Å². The predicted octanol–water partition coefficient (Wildman–Crippen LogP) is 3.96. The van der Waals surface area contributed by atoms with Gasteiger partial charge in [0.15, 0.2) is 11.5 Å². The van der Waals surface area contributed by atoms with Gasteiger partial charge in [0.1, 0.15) is 6.54 Å². The van der Waals surface area contributed by atoms with Crippen LogP contribution in [0.15, 0.2) is 48.5 Å². The first-order valence-electron chi connectivity index (χ1n) is 9.06. The maximum absolute atomic E-state index is 12.7. The number of esters is 1. The Bertz CT molecular complexity index is 867. The second kappa shape index (κ2) is 11.1. The molecular weight excluding hydrogens is 394 g/mol. The van der Waals surface area contributed by atoms with Crippen LogP contribution in [0.2, 0.25) is 5.02 Å². The zero-order chi connectivity index (χ0) is 21.2. The van der Waals surface area contributed by atoms with Gasteiger partial charge in [-0.1, -0.05) is 41.9 Å². The Hall–Kier alpha value is -2.99. The highest BCUT2D eigenvalue weighted by Gasteiger charge is 2.16. The first kappa shape index (κ1) is 22.3. The van der Waals surface area contributed by atoms with E-state index in [2.05, 4.69) is 0 Å². The maximum atomic E-state index is 12.7. The van der Waals surface area contributed by atoms with Crippen molar-refractivity contribution in [1.82, 2.24) is 4.90 Å². The summed E-state index contributed by atoms with van der Waals surface area (Å²) in [6.07, 6.45) is 3.01. The molecule has 6 nitrogen and oxygen atoms in total. The summed E-state index contributed by atoms with van der Waals surface area (Å²) in [6, 6.07) is 12.8. The van der Waals surface area contributed by atoms with Crippen LogP contribution in [0.5, 0.6) is 11.5 Å². The summed E-state index contributed by atoms with van der Waals surface area (Å²) in [5.41, 5.74) is 1.58. The molecule has 0 unspecified atom stereocenters. The van der Waals surface area contributed by atoms with Gasteiger partial charge in [-0.05, 0) is 36.3 Å². The molecule has 0 saturated carbocycles. The van der Waals surface area contributed by atoms with Crippen molar-refractivity contribution >= 4 is 29.6 Å². The number of methoxy groups -OCH3 is 2. The molecule has 0 spiro atoms. The molecule has 2 rings (SSSR count). The number of nitrogens with zero attached hydrogens (tertiary/aromatic N) is 1. The van der Waals surface area contributed by atoms with Gasteiger partial charge >= 0.3 is 5.97 Å². The highest BCUT2D eigenvalue weighted by molar-refractivity contribution is 6.32. The maximum Gasteiger partial charge on any atom is 0.325 e. The lowest BCUT2D eigenvalue weighted by Gasteiger charge is -2.20. The van der Waals surface area contributed by atoms with Gasteiger partial charge in [-0.3, -0.25) is 9.59 Å². The number of benzene rings is 2. The molecule has 0 fully saturated rings. The number of hydrogen-bond acceptors (Lipinski definition) is 5. The minimum absolute atomic E-state index is 0.151. The van der Waals surface area contributed by atoms with E-state index in [1.165, 1.54) is 25.2 Å². The quantitative estimate of drug-likeness (QED) is 0.456. The summed E-state index contributed by atoms with van der Waals surface area (Å²) in [5.74, 6) is 0.108. The number of amides is 1. The summed E-state index contributed by atoms with van der Waals surface area (Å²) in [7, 11) is 2.80. The lowest BCUT2D eigenvalue weighted by atomic mass is 10.1. The van der Waals surface area contributed by atoms with Crippen LogP contribution in [0, 0.1) is 0 Å². The smallest absolute Gasteiger partial charge is 0.325 e. The van der Waals surface area contributed by atoms with Crippen molar-refractivity contribution in [3.05, 3.63) is 64.7 Å². The number of carbonyl (C=O) groups is 2. The SMILES string of the molecule is CCOc1cc(/C=C/C(=O)N(CC(=O)OC)Cc2ccccc2)cc(Cl)c1OC. The minimum Gasteiger partial charge on any atom is -0.491 e. The first-order valence-corrected chi connectivity index (χ1v) is 9.44. The zero-order valence-electron chi connectivity index (χ0n) is 16.7. The second-order valence-electron chi connectivity index (χ2n) is 6.06. The number of carbonyl (C=O) groups excluding carboxylic acids is 2. The van der Waals surface area contributed by atoms with Crippen molar-refractivity contribution < 1.29 is 23.8 Å². The van der Waals surface area contributed by atoms with Crippen LogP contribution in [0.25, 0.3) is 6.08 Å². The Kier molecular flexibility index (Phi) is 8.55. The van der Waals surface area contributed by atoms with Crippen LogP contribution in [0.4, 0.5) is 0 Å². The monoisotopic (exact) mass is 417 g/mol. The van der Waals surface area contributed by atoms with Crippen molar-refractivity contribution in [2.45, 2.75) is 13.5 Å². The lowest BCUT2D eigenvalue weighted by molar-refractivity contribution is -0.145. The third kappa shape index (κ3) is 6.54. The molecule has 154 valence electrons. The average molecular weight is 418 g/mol. The van der Waals surface area contributed by atoms with Gasteiger partial charge in [0, 0.05) is 12.6 Å². The molecule has 0 aliphatic rings. The van der Waals surface area contributed by atoms with Gasteiger partial charge in [-0.15, -0.1) is 0 Å². The molecule has 2 aromatic carbocycles. The van der Waals surface area contributed by atoms with Gasteiger partial charge in [-0.25, -0.2) is 0 Å². The highest BCUT2D eigenvalue weighted by atomic mass is 35.5. The molecule has 0 bridgehead atoms. The van der Waals surface area contributed by atoms with E-state index >= 15 is 0 Å². The third-order valence-electron chi connectivity index (χ3n) is 4.03. The van der Waals surface area contributed by atoms with E-state index < -0.39 is 5.97 Å². The molecule has 0 heterocycles. The molecule has 0 saturated heterocycles. The highest BCUT2D eigenvalue weighted by Crippen LogP contribution is 2.36. The molecule has 0 aliphatic carbocycles. The van der Waals surface area contributed by atoms with Gasteiger partial charge in [-0.2, -0.15) is 0 Å². The van der Waals surface area contributed by atoms with Crippen LogP contribution in [-0.4, -0.2) is 44.1 Å². The van der Waals surface area contributed by atoms with E-state index in [1.807, 2.05) is 37.3 Å². The van der Waals surface area contributed by atoms with Crippen LogP contribution < -0.4 is 9.47 Å². The summed E-state index contributed by atoms with van der Waals surface area (Å²) in [4.78, 5) is 25.9. The normalized spacial score (nSPS) is 10.6. The third-order valence-corrected chi connectivity index (χ3v) is 4.31. The number of rotatable bonds is 9. The molecule has 7 heteroatoms. The molecule has 0 atom stereocenters. The molecule has 29 heavy (non-hydrogen) atoms. The fourth-order valence-electron chi connectivity index (χ4n) is 2.65. The predicted molar refractivity (Wildman–Crippen MR) is 112 cm³/mol. The molecule has 2 aromatic rings. The Morgan fingerprint density at radius 3 is 2.48 bits per heavy atom. The van der Waals surface area contributed by atoms with Crippen molar-refractivity contribution in [1.29, 1.82) is 0 Å². The minimum atomic E-state index is -0.492. The Morgan fingerprint density at radius 1 is 1.14 bits per heavy atom. The fourth-order valence-corrected chi connectivity index (χ4v) is 2.95. The van der Waals surface area contributed by atoms with Gasteiger partial charge in [0.25, 0.3) is 0 Å². The van der Waals surface area contributed by atoms with Crippen LogP contribution in [0.1, 0.15) is 18.1 Å². The van der Waals surface area contributed by atoms with Crippen LogP contribution >= 0.6 is 11.6 Å². The number of hydrogen-bond donors (Lipinski definition) is 0. The van der Waals surface area contributed by atoms with Crippen molar-refractivity contribution in [3.63, 3.8) is 0 Å². The molecule has 0 aliphatic heterocycles.